The molecule has 0 radical (unpaired) electrons. The molecule has 1 saturated carbocycles. The minimum absolute atomic E-state index is 0.0207. The molecule has 1 atom stereocenters. The minimum atomic E-state index is -3.42. The monoisotopic (exact) mass is 400 g/mol. The van der Waals surface area contributed by atoms with Crippen molar-refractivity contribution in [3.05, 3.63) is 65.7 Å². The van der Waals surface area contributed by atoms with Crippen molar-refractivity contribution < 1.29 is 13.2 Å². The van der Waals surface area contributed by atoms with Gasteiger partial charge in [0.15, 0.2) is 0 Å². The smallest absolute Gasteiger partial charge is 0.240 e. The van der Waals surface area contributed by atoms with Crippen molar-refractivity contribution in [1.29, 1.82) is 0 Å². The van der Waals surface area contributed by atoms with E-state index < -0.39 is 10.0 Å². The number of nitrogens with one attached hydrogen (secondary N) is 2. The van der Waals surface area contributed by atoms with Crippen LogP contribution in [0.1, 0.15) is 49.7 Å². The van der Waals surface area contributed by atoms with E-state index in [-0.39, 0.29) is 16.8 Å². The van der Waals surface area contributed by atoms with E-state index in [0.717, 1.165) is 24.8 Å². The molecule has 0 aliphatic heterocycles. The Morgan fingerprint density at radius 2 is 1.75 bits per heavy atom. The van der Waals surface area contributed by atoms with E-state index in [1.165, 1.54) is 5.56 Å². The fourth-order valence-electron chi connectivity index (χ4n) is 3.05. The van der Waals surface area contributed by atoms with Crippen molar-refractivity contribution in [1.82, 2.24) is 10.0 Å². The Balaban J connectivity index is 1.39. The molecule has 28 heavy (non-hydrogen) atoms. The van der Waals surface area contributed by atoms with Crippen molar-refractivity contribution >= 4 is 15.9 Å². The number of carbonyl (C=O) groups is 1. The summed E-state index contributed by atoms with van der Waals surface area (Å²) in [6.45, 7) is 2.81. The standard InChI is InChI=1S/C22H28N2O3S/c1-17(19-5-3-2-4-6-19)15-16-23-22(25)14-9-18-7-12-21(13-8-18)28(26,27)24-20-10-11-20/h2-8,12-13,17,20,24H,9-11,14-16H2,1H3,(H,23,25). The molecule has 3 rings (SSSR count). The number of amides is 1. The molecule has 1 fully saturated rings. The lowest BCUT2D eigenvalue weighted by Crippen LogP contribution is -2.26. The molecule has 1 aliphatic rings. The Bertz CT molecular complexity index is 876. The highest BCUT2D eigenvalue weighted by Crippen LogP contribution is 2.22. The van der Waals surface area contributed by atoms with Crippen LogP contribution in [0.3, 0.4) is 0 Å². The first kappa shape index (κ1) is 20.6. The second kappa shape index (κ2) is 9.34. The van der Waals surface area contributed by atoms with Gasteiger partial charge in [-0.25, -0.2) is 13.1 Å². The average molecular weight is 401 g/mol. The number of hydrogen-bond acceptors (Lipinski definition) is 3. The van der Waals surface area contributed by atoms with Crippen molar-refractivity contribution in [3.63, 3.8) is 0 Å². The van der Waals surface area contributed by atoms with Crippen LogP contribution >= 0.6 is 0 Å². The van der Waals surface area contributed by atoms with E-state index in [0.29, 0.717) is 25.3 Å². The van der Waals surface area contributed by atoms with Crippen molar-refractivity contribution in [2.24, 2.45) is 0 Å². The number of hydrogen-bond donors (Lipinski definition) is 2. The van der Waals surface area contributed by atoms with Gasteiger partial charge in [-0.05, 0) is 54.9 Å². The zero-order chi connectivity index (χ0) is 20.0. The van der Waals surface area contributed by atoms with Crippen molar-refractivity contribution in [2.75, 3.05) is 6.54 Å². The van der Waals surface area contributed by atoms with E-state index in [1.54, 1.807) is 24.3 Å². The minimum Gasteiger partial charge on any atom is -0.356 e. The lowest BCUT2D eigenvalue weighted by molar-refractivity contribution is -0.121. The van der Waals surface area contributed by atoms with Gasteiger partial charge < -0.3 is 5.32 Å². The summed E-state index contributed by atoms with van der Waals surface area (Å²) in [6, 6.07) is 17.2. The Labute approximate surface area is 167 Å². The van der Waals surface area contributed by atoms with Crippen LogP contribution in [0.15, 0.2) is 59.5 Å². The summed E-state index contributed by atoms with van der Waals surface area (Å²) in [5.74, 6) is 0.424. The summed E-state index contributed by atoms with van der Waals surface area (Å²) >= 11 is 0. The van der Waals surface area contributed by atoms with Crippen LogP contribution in [0.5, 0.6) is 0 Å². The largest absolute Gasteiger partial charge is 0.356 e. The zero-order valence-corrected chi connectivity index (χ0v) is 17.0. The highest BCUT2D eigenvalue weighted by atomic mass is 32.2. The van der Waals surface area contributed by atoms with E-state index in [9.17, 15) is 13.2 Å². The van der Waals surface area contributed by atoms with Crippen molar-refractivity contribution in [2.45, 2.75) is 55.9 Å². The van der Waals surface area contributed by atoms with Crippen LogP contribution < -0.4 is 10.0 Å². The molecule has 1 amide bonds. The Kier molecular flexibility index (Phi) is 6.86. The Morgan fingerprint density at radius 3 is 2.39 bits per heavy atom. The predicted octanol–water partition coefficient (Wildman–Crippen LogP) is 3.37. The van der Waals surface area contributed by atoms with Gasteiger partial charge in [0.2, 0.25) is 15.9 Å². The molecule has 0 saturated heterocycles. The second-order valence-electron chi connectivity index (χ2n) is 7.49. The quantitative estimate of drug-likeness (QED) is 0.642. The maximum absolute atomic E-state index is 12.2. The van der Waals surface area contributed by atoms with Crippen molar-refractivity contribution in [3.8, 4) is 0 Å². The molecule has 0 bridgehead atoms. The third-order valence-corrected chi connectivity index (χ3v) is 6.58. The lowest BCUT2D eigenvalue weighted by Gasteiger charge is -2.12. The van der Waals surface area contributed by atoms with Gasteiger partial charge in [0.05, 0.1) is 4.90 Å². The molecule has 0 aromatic heterocycles. The summed E-state index contributed by atoms with van der Waals surface area (Å²) in [6.07, 6.45) is 3.71. The number of aryl methyl sites for hydroxylation is 1. The highest BCUT2D eigenvalue weighted by molar-refractivity contribution is 7.89. The summed E-state index contributed by atoms with van der Waals surface area (Å²) in [4.78, 5) is 12.4. The van der Waals surface area contributed by atoms with Crippen LogP contribution in [0.4, 0.5) is 0 Å². The molecular formula is C22H28N2O3S. The van der Waals surface area contributed by atoms with Crippen LogP contribution in [0, 0.1) is 0 Å². The first-order chi connectivity index (χ1) is 13.4. The third kappa shape index (κ3) is 6.17. The van der Waals surface area contributed by atoms with E-state index >= 15 is 0 Å². The van der Waals surface area contributed by atoms with Crippen LogP contribution in [-0.2, 0) is 21.2 Å². The molecule has 150 valence electrons. The fourth-order valence-corrected chi connectivity index (χ4v) is 4.35. The van der Waals surface area contributed by atoms with Gasteiger partial charge in [-0.3, -0.25) is 4.79 Å². The van der Waals surface area contributed by atoms with Crippen LogP contribution in [0.25, 0.3) is 0 Å². The molecule has 6 heteroatoms. The molecule has 0 heterocycles. The van der Waals surface area contributed by atoms with Crippen LogP contribution in [0.2, 0.25) is 0 Å². The fraction of sp³-hybridized carbons (Fsp3) is 0.409. The summed E-state index contributed by atoms with van der Waals surface area (Å²) in [5, 5.41) is 2.97. The number of rotatable bonds is 10. The third-order valence-electron chi connectivity index (χ3n) is 5.04. The van der Waals surface area contributed by atoms with Crippen LogP contribution in [-0.4, -0.2) is 26.9 Å². The van der Waals surface area contributed by atoms with Gasteiger partial charge >= 0.3 is 0 Å². The summed E-state index contributed by atoms with van der Waals surface area (Å²) in [5.41, 5.74) is 2.24. The first-order valence-electron chi connectivity index (χ1n) is 9.87. The number of benzene rings is 2. The topological polar surface area (TPSA) is 75.3 Å². The molecule has 1 aliphatic carbocycles. The predicted molar refractivity (Wildman–Crippen MR) is 111 cm³/mol. The number of carbonyl (C=O) groups excluding carboxylic acids is 1. The molecule has 5 nitrogen and oxygen atoms in total. The van der Waals surface area contributed by atoms with Gasteiger partial charge in [-0.2, -0.15) is 0 Å². The molecular weight excluding hydrogens is 372 g/mol. The molecule has 2 aromatic carbocycles. The summed E-state index contributed by atoms with van der Waals surface area (Å²) < 4.78 is 27.0. The Morgan fingerprint density at radius 1 is 1.07 bits per heavy atom. The highest BCUT2D eigenvalue weighted by Gasteiger charge is 2.27. The van der Waals surface area contributed by atoms with E-state index in [4.69, 9.17) is 0 Å². The normalized spacial score (nSPS) is 15.2. The molecule has 2 N–H and O–H groups in total. The lowest BCUT2D eigenvalue weighted by atomic mass is 9.98. The van der Waals surface area contributed by atoms with Gasteiger partial charge in [-0.1, -0.05) is 49.4 Å². The summed E-state index contributed by atoms with van der Waals surface area (Å²) in [7, 11) is -3.42. The van der Waals surface area contributed by atoms with Gasteiger partial charge in [0, 0.05) is 19.0 Å². The number of sulfonamides is 1. The zero-order valence-electron chi connectivity index (χ0n) is 16.2. The Hall–Kier alpha value is -2.18. The van der Waals surface area contributed by atoms with E-state index in [2.05, 4.69) is 29.1 Å². The molecule has 2 aromatic rings. The molecule has 1 unspecified atom stereocenters. The maximum atomic E-state index is 12.2. The first-order valence-corrected chi connectivity index (χ1v) is 11.4. The van der Waals surface area contributed by atoms with Gasteiger partial charge in [0.1, 0.15) is 0 Å². The maximum Gasteiger partial charge on any atom is 0.240 e. The van der Waals surface area contributed by atoms with Gasteiger partial charge in [0.25, 0.3) is 0 Å². The average Bonchev–Trinajstić information content (AvgIpc) is 3.50. The molecule has 0 spiro atoms. The SMILES string of the molecule is CC(CCNC(=O)CCc1ccc(S(=O)(=O)NC2CC2)cc1)c1ccccc1. The van der Waals surface area contributed by atoms with E-state index in [1.807, 2.05) is 18.2 Å². The second-order valence-corrected chi connectivity index (χ2v) is 9.20. The van der Waals surface area contributed by atoms with Gasteiger partial charge in [-0.15, -0.1) is 0 Å².